The molecular formula is C58H35N5O. The van der Waals surface area contributed by atoms with E-state index in [0.29, 0.717) is 33.5 Å². The summed E-state index contributed by atoms with van der Waals surface area (Å²) in [4.78, 5) is 10.6. The number of hydrogen-bond acceptors (Lipinski definition) is 3. The zero-order valence-corrected chi connectivity index (χ0v) is 33.1. The molecule has 64 heavy (non-hydrogen) atoms. The Morgan fingerprint density at radius 3 is 1.42 bits per heavy atom. The Labute approximate surface area is 388 Å². The molecule has 0 aliphatic rings. The highest BCUT2D eigenvalue weighted by Crippen LogP contribution is 2.43. The summed E-state index contributed by atoms with van der Waals surface area (Å²) in [7, 11) is 0. The SMILES string of the molecule is [2H]c1c([2H])c([2H])c2c(c1[2H])c1c([2H])c([2H])c([2H])c([2H])c1n2-c1cc(-n2c3c([2H])c([2H])c([2H])c([2H])c3c3c([2H])c([2H])c([2H])c([2H])c32)nc(-c2c(-c3ccc4c(c3)oc3ccccc34)cccc2-n2c3ccccc3c3ccccc32)n1. The minimum atomic E-state index is -0.689. The number of aromatic nitrogens is 5. The van der Waals surface area contributed by atoms with Crippen molar-refractivity contribution in [3.63, 3.8) is 0 Å². The van der Waals surface area contributed by atoms with Crippen LogP contribution in [-0.4, -0.2) is 23.7 Å². The van der Waals surface area contributed by atoms with Gasteiger partial charge in [-0.15, -0.1) is 0 Å². The first kappa shape index (κ1) is 22.9. The van der Waals surface area contributed by atoms with Crippen molar-refractivity contribution in [1.82, 2.24) is 23.7 Å². The van der Waals surface area contributed by atoms with Gasteiger partial charge in [0.2, 0.25) is 0 Å². The number of hydrogen-bond donors (Lipinski definition) is 0. The highest BCUT2D eigenvalue weighted by molar-refractivity contribution is 6.12. The van der Waals surface area contributed by atoms with E-state index in [0.717, 1.165) is 32.6 Å². The summed E-state index contributed by atoms with van der Waals surface area (Å²) >= 11 is 0. The van der Waals surface area contributed by atoms with Gasteiger partial charge in [-0.1, -0.05) is 145 Å². The lowest BCUT2D eigenvalue weighted by atomic mass is 9.96. The summed E-state index contributed by atoms with van der Waals surface area (Å²) in [6.45, 7) is 0. The third kappa shape index (κ3) is 4.96. The van der Waals surface area contributed by atoms with Crippen molar-refractivity contribution < 1.29 is 26.3 Å². The van der Waals surface area contributed by atoms with E-state index < -0.39 is 96.7 Å². The topological polar surface area (TPSA) is 53.7 Å². The normalized spacial score (nSPS) is 15.6. The molecule has 0 spiro atoms. The van der Waals surface area contributed by atoms with E-state index >= 15 is 0 Å². The zero-order valence-electron chi connectivity index (χ0n) is 49.1. The van der Waals surface area contributed by atoms with Crippen LogP contribution < -0.4 is 0 Å². The van der Waals surface area contributed by atoms with Crippen LogP contribution in [-0.2, 0) is 0 Å². The fraction of sp³-hybridized carbons (Fsp3) is 0. The first-order chi connectivity index (χ1) is 38.4. The first-order valence-electron chi connectivity index (χ1n) is 28.4. The smallest absolute Gasteiger partial charge is 0.166 e. The Kier molecular flexibility index (Phi) is 4.79. The van der Waals surface area contributed by atoms with Crippen LogP contribution in [0.1, 0.15) is 21.9 Å². The molecule has 0 aliphatic heterocycles. The number of furan rings is 1. The van der Waals surface area contributed by atoms with Crippen molar-refractivity contribution in [2.24, 2.45) is 0 Å². The Balaban J connectivity index is 1.23. The van der Waals surface area contributed by atoms with Gasteiger partial charge in [0, 0.05) is 49.2 Å². The lowest BCUT2D eigenvalue weighted by Crippen LogP contribution is -2.08. The molecule has 0 saturated carbocycles. The molecule has 14 rings (SSSR count). The second kappa shape index (κ2) is 13.4. The van der Waals surface area contributed by atoms with Crippen LogP contribution in [0.2, 0.25) is 0 Å². The van der Waals surface area contributed by atoms with Crippen molar-refractivity contribution >= 4 is 87.4 Å². The molecule has 5 aromatic heterocycles. The zero-order chi connectivity index (χ0) is 55.8. The summed E-state index contributed by atoms with van der Waals surface area (Å²) < 4.78 is 157. The summed E-state index contributed by atoms with van der Waals surface area (Å²) in [6.07, 6.45) is 0. The van der Waals surface area contributed by atoms with E-state index in [2.05, 4.69) is 0 Å². The predicted molar refractivity (Wildman–Crippen MR) is 263 cm³/mol. The van der Waals surface area contributed by atoms with Gasteiger partial charge in [-0.05, 0) is 71.7 Å². The van der Waals surface area contributed by atoms with E-state index in [4.69, 9.17) is 25.4 Å². The number of nitrogens with zero attached hydrogens (tertiary/aromatic N) is 5. The molecule has 0 amide bonds. The summed E-state index contributed by atoms with van der Waals surface area (Å²) in [5.74, 6) is -0.650. The Hall–Kier alpha value is -8.74. The van der Waals surface area contributed by atoms with Gasteiger partial charge in [0.1, 0.15) is 22.8 Å². The quantitative estimate of drug-likeness (QED) is 0.174. The van der Waals surface area contributed by atoms with E-state index in [-0.39, 0.29) is 61.1 Å². The summed E-state index contributed by atoms with van der Waals surface area (Å²) in [5.41, 5.74) is 3.58. The van der Waals surface area contributed by atoms with Crippen LogP contribution in [0.15, 0.2) is 216 Å². The number of para-hydroxylation sites is 7. The molecule has 0 fully saturated rings. The number of fused-ring (bicyclic) bond motifs is 12. The third-order valence-corrected chi connectivity index (χ3v) is 12.0. The summed E-state index contributed by atoms with van der Waals surface area (Å²) in [5, 5.41) is 2.55. The molecule has 6 heteroatoms. The molecule has 9 aromatic carbocycles. The molecular weight excluding hydrogens is 783 g/mol. The van der Waals surface area contributed by atoms with E-state index in [9.17, 15) is 11.0 Å². The van der Waals surface area contributed by atoms with Crippen LogP contribution >= 0.6 is 0 Å². The maximum absolute atomic E-state index is 9.49. The molecule has 0 saturated heterocycles. The maximum atomic E-state index is 9.49. The standard InChI is InChI=1S/C58H35N5O/c1-8-24-46-38(16-1)39-17-2-9-25-47(39)61(46)52-30-15-23-37(36-32-33-45-44-22-7-14-31-53(44)64-54(45)34-36)57(52)58-59-55(62-48-26-10-3-18-40(48)41-19-4-11-27-49(41)62)35-56(60-58)63-50-28-12-5-20-42(50)43-21-6-13-29-51(43)63/h1-35H/i3D,4D,5D,6D,10D,11D,12D,13D,18D,19D,20D,21D,26D,27D,28D,29D. The van der Waals surface area contributed by atoms with E-state index in [1.54, 1.807) is 0 Å². The maximum Gasteiger partial charge on any atom is 0.166 e. The fourth-order valence-electron chi connectivity index (χ4n) is 9.34. The minimum Gasteiger partial charge on any atom is -0.456 e. The van der Waals surface area contributed by atoms with Crippen LogP contribution in [0, 0.1) is 0 Å². The average Bonchev–Trinajstić information content (AvgIpc) is 3.68. The average molecular weight is 834 g/mol. The molecule has 0 bridgehead atoms. The van der Waals surface area contributed by atoms with Crippen LogP contribution in [0.5, 0.6) is 0 Å². The van der Waals surface area contributed by atoms with Crippen LogP contribution in [0.4, 0.5) is 0 Å². The summed E-state index contributed by atoms with van der Waals surface area (Å²) in [6, 6.07) is 25.5. The van der Waals surface area contributed by atoms with Gasteiger partial charge in [-0.2, -0.15) is 0 Å². The molecule has 0 aliphatic carbocycles. The molecule has 6 nitrogen and oxygen atoms in total. The van der Waals surface area contributed by atoms with Crippen molar-refractivity contribution in [3.05, 3.63) is 212 Å². The number of rotatable bonds is 5. The molecule has 14 aromatic rings. The van der Waals surface area contributed by atoms with Crippen LogP contribution in [0.25, 0.3) is 127 Å². The molecule has 0 unspecified atom stereocenters. The van der Waals surface area contributed by atoms with Gasteiger partial charge >= 0.3 is 0 Å². The number of benzene rings is 9. The Morgan fingerprint density at radius 2 is 0.859 bits per heavy atom. The molecule has 298 valence electrons. The van der Waals surface area contributed by atoms with Crippen molar-refractivity contribution in [1.29, 1.82) is 0 Å². The van der Waals surface area contributed by atoms with Gasteiger partial charge in [0.05, 0.1) is 66.3 Å². The largest absolute Gasteiger partial charge is 0.456 e. The second-order valence-electron chi connectivity index (χ2n) is 15.4. The Bertz CT molecular complexity index is 4790. The molecule has 0 atom stereocenters. The third-order valence-electron chi connectivity index (χ3n) is 12.0. The predicted octanol–water partition coefficient (Wildman–Crippen LogP) is 15.0. The van der Waals surface area contributed by atoms with E-state index in [1.807, 2.05) is 114 Å². The monoisotopic (exact) mass is 833 g/mol. The lowest BCUT2D eigenvalue weighted by molar-refractivity contribution is 0.669. The van der Waals surface area contributed by atoms with Gasteiger partial charge in [-0.25, -0.2) is 9.97 Å². The van der Waals surface area contributed by atoms with Gasteiger partial charge in [0.15, 0.2) is 5.82 Å². The minimum absolute atomic E-state index is 0.136. The second-order valence-corrected chi connectivity index (χ2v) is 15.4. The molecule has 5 heterocycles. The van der Waals surface area contributed by atoms with Gasteiger partial charge in [0.25, 0.3) is 0 Å². The first-order valence-corrected chi connectivity index (χ1v) is 20.4. The Morgan fingerprint density at radius 1 is 0.375 bits per heavy atom. The van der Waals surface area contributed by atoms with Crippen molar-refractivity contribution in [2.75, 3.05) is 0 Å². The highest BCUT2D eigenvalue weighted by Gasteiger charge is 2.25. The van der Waals surface area contributed by atoms with Crippen molar-refractivity contribution in [2.45, 2.75) is 0 Å². The van der Waals surface area contributed by atoms with E-state index in [1.165, 1.54) is 15.2 Å². The lowest BCUT2D eigenvalue weighted by Gasteiger charge is -2.19. The van der Waals surface area contributed by atoms with Crippen molar-refractivity contribution in [3.8, 4) is 39.8 Å². The van der Waals surface area contributed by atoms with Gasteiger partial charge < -0.3 is 8.98 Å². The fourth-order valence-corrected chi connectivity index (χ4v) is 9.34. The van der Waals surface area contributed by atoms with Crippen LogP contribution in [0.3, 0.4) is 0 Å². The molecule has 0 radical (unpaired) electrons. The highest BCUT2D eigenvalue weighted by atomic mass is 16.3. The molecule has 0 N–H and O–H groups in total. The van der Waals surface area contributed by atoms with Gasteiger partial charge in [-0.3, -0.25) is 9.13 Å².